The summed E-state index contributed by atoms with van der Waals surface area (Å²) in [6, 6.07) is 4.93. The second-order valence-corrected chi connectivity index (χ2v) is 3.61. The standard InChI is InChI=1S/C9H10Cl2O2/c1-5(12)9(13)6-3-2-4-7(10)8(6)11/h2-5,9,12-13H,1H3/t5-,9+/m0/s1. The van der Waals surface area contributed by atoms with E-state index >= 15 is 0 Å². The van der Waals surface area contributed by atoms with Gasteiger partial charge >= 0.3 is 0 Å². The SMILES string of the molecule is C[C@H](O)[C@@H](O)c1cccc(Cl)c1Cl. The second kappa shape index (κ2) is 4.29. The predicted octanol–water partition coefficient (Wildman–Crippen LogP) is 2.41. The molecule has 0 fully saturated rings. The van der Waals surface area contributed by atoms with Crippen LogP contribution in [-0.4, -0.2) is 16.3 Å². The summed E-state index contributed by atoms with van der Waals surface area (Å²) in [5, 5.41) is 19.3. The molecule has 0 spiro atoms. The van der Waals surface area contributed by atoms with Crippen LogP contribution in [-0.2, 0) is 0 Å². The molecule has 0 aliphatic carbocycles. The number of halogens is 2. The Hall–Kier alpha value is -0.280. The maximum Gasteiger partial charge on any atom is 0.106 e. The zero-order valence-electron chi connectivity index (χ0n) is 7.04. The molecule has 1 aromatic rings. The van der Waals surface area contributed by atoms with E-state index in [1.165, 1.54) is 6.92 Å². The van der Waals surface area contributed by atoms with Gasteiger partial charge in [-0.2, -0.15) is 0 Å². The highest BCUT2D eigenvalue weighted by molar-refractivity contribution is 6.42. The Morgan fingerprint density at radius 2 is 1.85 bits per heavy atom. The first-order valence-electron chi connectivity index (χ1n) is 3.84. The smallest absolute Gasteiger partial charge is 0.106 e. The van der Waals surface area contributed by atoms with Crippen molar-refractivity contribution >= 4 is 23.2 Å². The third kappa shape index (κ3) is 2.35. The molecule has 2 atom stereocenters. The zero-order valence-corrected chi connectivity index (χ0v) is 8.55. The van der Waals surface area contributed by atoms with Crippen LogP contribution in [0.4, 0.5) is 0 Å². The van der Waals surface area contributed by atoms with Crippen molar-refractivity contribution in [2.45, 2.75) is 19.1 Å². The van der Waals surface area contributed by atoms with Crippen molar-refractivity contribution in [3.05, 3.63) is 33.8 Å². The molecule has 0 aliphatic heterocycles. The molecule has 0 unspecified atom stereocenters. The fraction of sp³-hybridized carbons (Fsp3) is 0.333. The van der Waals surface area contributed by atoms with Crippen molar-refractivity contribution in [3.63, 3.8) is 0 Å². The molecule has 13 heavy (non-hydrogen) atoms. The molecule has 0 bridgehead atoms. The Labute approximate surface area is 86.7 Å². The maximum absolute atomic E-state index is 9.51. The molecule has 72 valence electrons. The van der Waals surface area contributed by atoms with Crippen molar-refractivity contribution in [1.29, 1.82) is 0 Å². The van der Waals surface area contributed by atoms with E-state index in [2.05, 4.69) is 0 Å². The Kier molecular flexibility index (Phi) is 3.56. The highest BCUT2D eigenvalue weighted by Gasteiger charge is 2.17. The monoisotopic (exact) mass is 220 g/mol. The third-order valence-corrected chi connectivity index (χ3v) is 2.59. The summed E-state index contributed by atoms with van der Waals surface area (Å²) in [5.74, 6) is 0. The van der Waals surface area contributed by atoms with E-state index in [1.807, 2.05) is 0 Å². The van der Waals surface area contributed by atoms with E-state index in [9.17, 15) is 5.11 Å². The summed E-state index contributed by atoms with van der Waals surface area (Å²) < 4.78 is 0. The van der Waals surface area contributed by atoms with E-state index in [0.29, 0.717) is 10.6 Å². The van der Waals surface area contributed by atoms with E-state index in [1.54, 1.807) is 18.2 Å². The molecule has 0 saturated carbocycles. The van der Waals surface area contributed by atoms with Crippen LogP contribution in [0.5, 0.6) is 0 Å². The van der Waals surface area contributed by atoms with E-state index in [0.717, 1.165) is 0 Å². The van der Waals surface area contributed by atoms with Gasteiger partial charge in [-0.15, -0.1) is 0 Å². The summed E-state index contributed by atoms with van der Waals surface area (Å²) in [6.07, 6.45) is -1.86. The molecule has 0 radical (unpaired) electrons. The van der Waals surface area contributed by atoms with Gasteiger partial charge in [-0.25, -0.2) is 0 Å². The van der Waals surface area contributed by atoms with Crippen LogP contribution in [0.2, 0.25) is 10.0 Å². The van der Waals surface area contributed by atoms with Gasteiger partial charge in [0, 0.05) is 5.56 Å². The molecule has 0 amide bonds. The van der Waals surface area contributed by atoms with E-state index in [4.69, 9.17) is 28.3 Å². The maximum atomic E-state index is 9.51. The van der Waals surface area contributed by atoms with Crippen molar-refractivity contribution in [3.8, 4) is 0 Å². The molecule has 1 aromatic carbocycles. The molecule has 2 N–H and O–H groups in total. The first-order valence-corrected chi connectivity index (χ1v) is 4.59. The number of hydrogen-bond donors (Lipinski definition) is 2. The van der Waals surface area contributed by atoms with Crippen molar-refractivity contribution in [1.82, 2.24) is 0 Å². The highest BCUT2D eigenvalue weighted by Crippen LogP contribution is 2.30. The molecule has 0 saturated heterocycles. The molecular formula is C9H10Cl2O2. The number of hydrogen-bond acceptors (Lipinski definition) is 2. The van der Waals surface area contributed by atoms with Crippen LogP contribution in [0.3, 0.4) is 0 Å². The molecule has 0 aliphatic rings. The summed E-state index contributed by atoms with van der Waals surface area (Å²) in [4.78, 5) is 0. The van der Waals surface area contributed by atoms with Gasteiger partial charge in [0.05, 0.1) is 16.1 Å². The molecule has 0 aromatic heterocycles. The summed E-state index contributed by atoms with van der Waals surface area (Å²) in [7, 11) is 0. The lowest BCUT2D eigenvalue weighted by Gasteiger charge is -2.15. The summed E-state index contributed by atoms with van der Waals surface area (Å²) >= 11 is 11.6. The van der Waals surface area contributed by atoms with Crippen molar-refractivity contribution in [2.24, 2.45) is 0 Å². The largest absolute Gasteiger partial charge is 0.390 e. The average molecular weight is 221 g/mol. The summed E-state index contributed by atoms with van der Waals surface area (Å²) in [6.45, 7) is 1.49. The number of rotatable bonds is 2. The van der Waals surface area contributed by atoms with E-state index < -0.39 is 12.2 Å². The highest BCUT2D eigenvalue weighted by atomic mass is 35.5. The topological polar surface area (TPSA) is 40.5 Å². The lowest BCUT2D eigenvalue weighted by atomic mass is 10.1. The second-order valence-electron chi connectivity index (χ2n) is 2.83. The first-order chi connectivity index (χ1) is 6.04. The number of aliphatic hydroxyl groups is 2. The van der Waals surface area contributed by atoms with Gasteiger partial charge in [0.15, 0.2) is 0 Å². The average Bonchev–Trinajstić information content (AvgIpc) is 2.08. The summed E-state index contributed by atoms with van der Waals surface area (Å²) in [5.41, 5.74) is 0.448. The lowest BCUT2D eigenvalue weighted by Crippen LogP contribution is -2.14. The number of aliphatic hydroxyl groups excluding tert-OH is 2. The Morgan fingerprint density at radius 1 is 1.23 bits per heavy atom. The zero-order chi connectivity index (χ0) is 10.0. The fourth-order valence-electron chi connectivity index (χ4n) is 1.01. The normalized spacial score (nSPS) is 15.5. The van der Waals surface area contributed by atoms with Crippen LogP contribution in [0.1, 0.15) is 18.6 Å². The van der Waals surface area contributed by atoms with E-state index in [-0.39, 0.29) is 5.02 Å². The van der Waals surface area contributed by atoms with Crippen LogP contribution in [0.15, 0.2) is 18.2 Å². The number of benzene rings is 1. The predicted molar refractivity (Wildman–Crippen MR) is 53.1 cm³/mol. The van der Waals surface area contributed by atoms with Gasteiger partial charge in [0.25, 0.3) is 0 Å². The minimum Gasteiger partial charge on any atom is -0.390 e. The first kappa shape index (κ1) is 10.8. The minimum atomic E-state index is -0.994. The quantitative estimate of drug-likeness (QED) is 0.804. The van der Waals surface area contributed by atoms with Gasteiger partial charge in [-0.05, 0) is 13.0 Å². The molecule has 1 rings (SSSR count). The Bertz CT molecular complexity index is 300. The van der Waals surface area contributed by atoms with Crippen molar-refractivity contribution in [2.75, 3.05) is 0 Å². The van der Waals surface area contributed by atoms with Gasteiger partial charge in [-0.3, -0.25) is 0 Å². The van der Waals surface area contributed by atoms with Gasteiger partial charge in [0.2, 0.25) is 0 Å². The Balaban J connectivity index is 3.07. The molecule has 4 heteroatoms. The molecular weight excluding hydrogens is 211 g/mol. The third-order valence-electron chi connectivity index (χ3n) is 1.76. The Morgan fingerprint density at radius 3 is 2.38 bits per heavy atom. The minimum absolute atomic E-state index is 0.289. The lowest BCUT2D eigenvalue weighted by molar-refractivity contribution is 0.0306. The van der Waals surface area contributed by atoms with Gasteiger partial charge in [0.1, 0.15) is 6.10 Å². The van der Waals surface area contributed by atoms with Crippen LogP contribution < -0.4 is 0 Å². The van der Waals surface area contributed by atoms with Gasteiger partial charge < -0.3 is 10.2 Å². The van der Waals surface area contributed by atoms with Crippen LogP contribution >= 0.6 is 23.2 Å². The van der Waals surface area contributed by atoms with Crippen LogP contribution in [0, 0.1) is 0 Å². The van der Waals surface area contributed by atoms with Crippen molar-refractivity contribution < 1.29 is 10.2 Å². The van der Waals surface area contributed by atoms with Gasteiger partial charge in [-0.1, -0.05) is 35.3 Å². The molecule has 0 heterocycles. The molecule has 2 nitrogen and oxygen atoms in total. The fourth-order valence-corrected chi connectivity index (χ4v) is 1.43. The van der Waals surface area contributed by atoms with Crippen LogP contribution in [0.25, 0.3) is 0 Å².